The van der Waals surface area contributed by atoms with Gasteiger partial charge in [0.2, 0.25) is 0 Å². The summed E-state index contributed by atoms with van der Waals surface area (Å²) in [6, 6.07) is 4.39. The highest BCUT2D eigenvalue weighted by Crippen LogP contribution is 2.42. The minimum absolute atomic E-state index is 0.0160. The van der Waals surface area contributed by atoms with Crippen LogP contribution in [0.5, 0.6) is 17.2 Å². The average molecular weight is 276 g/mol. The summed E-state index contributed by atoms with van der Waals surface area (Å²) in [6.45, 7) is 0.802. The highest BCUT2D eigenvalue weighted by Gasteiger charge is 2.22. The first-order valence-corrected chi connectivity index (χ1v) is 5.96. The van der Waals surface area contributed by atoms with Gasteiger partial charge in [0.05, 0.1) is 5.69 Å². The summed E-state index contributed by atoms with van der Waals surface area (Å²) in [5.41, 5.74) is 0.999. The topological polar surface area (TPSA) is 93.8 Å². The molecule has 1 aliphatic rings. The molecule has 0 saturated carbocycles. The quantitative estimate of drug-likeness (QED) is 0.857. The maximum Gasteiger partial charge on any atom is 0.356 e. The van der Waals surface area contributed by atoms with Crippen LogP contribution in [0.25, 0.3) is 11.3 Å². The highest BCUT2D eigenvalue weighted by atomic mass is 16.6. The summed E-state index contributed by atoms with van der Waals surface area (Å²) in [5, 5.41) is 22.6. The van der Waals surface area contributed by atoms with E-state index in [4.69, 9.17) is 14.6 Å². The van der Waals surface area contributed by atoms with E-state index in [1.54, 1.807) is 7.05 Å². The Balaban J connectivity index is 2.19. The standard InChI is InChI=1S/C13H12N2O5/c1-15-10(6-9(14-15)13(17)18)8-4-7(16)5-11-12(8)20-3-2-19-11/h4-6,16H,2-3H2,1H3,(H,17,18). The summed E-state index contributed by atoms with van der Waals surface area (Å²) in [5.74, 6) is -0.182. The molecule has 0 saturated heterocycles. The van der Waals surface area contributed by atoms with Crippen LogP contribution in [0.15, 0.2) is 18.2 Å². The number of aromatic nitrogens is 2. The summed E-state index contributed by atoms with van der Waals surface area (Å²) >= 11 is 0. The minimum atomic E-state index is -1.11. The van der Waals surface area contributed by atoms with Crippen molar-refractivity contribution < 1.29 is 24.5 Å². The molecule has 7 nitrogen and oxygen atoms in total. The van der Waals surface area contributed by atoms with Gasteiger partial charge in [-0.3, -0.25) is 4.68 Å². The largest absolute Gasteiger partial charge is 0.508 e. The molecule has 0 bridgehead atoms. The van der Waals surface area contributed by atoms with Gasteiger partial charge in [-0.1, -0.05) is 0 Å². The van der Waals surface area contributed by atoms with E-state index < -0.39 is 5.97 Å². The van der Waals surface area contributed by atoms with E-state index in [1.807, 2.05) is 0 Å². The molecule has 0 spiro atoms. The third kappa shape index (κ3) is 1.93. The van der Waals surface area contributed by atoms with Gasteiger partial charge in [-0.15, -0.1) is 0 Å². The van der Waals surface area contributed by atoms with E-state index in [0.29, 0.717) is 36.0 Å². The molecule has 1 aromatic carbocycles. The molecule has 2 N–H and O–H groups in total. The average Bonchev–Trinajstić information content (AvgIpc) is 2.80. The second kappa shape index (κ2) is 4.44. The van der Waals surface area contributed by atoms with Crippen LogP contribution in [0, 0.1) is 0 Å². The Morgan fingerprint density at radius 1 is 1.30 bits per heavy atom. The number of nitrogens with zero attached hydrogens (tertiary/aromatic N) is 2. The van der Waals surface area contributed by atoms with Gasteiger partial charge in [-0.05, 0) is 12.1 Å². The fraction of sp³-hybridized carbons (Fsp3) is 0.231. The number of hydrogen-bond acceptors (Lipinski definition) is 5. The third-order valence-electron chi connectivity index (χ3n) is 3.00. The van der Waals surface area contributed by atoms with E-state index in [-0.39, 0.29) is 11.4 Å². The number of carboxylic acids is 1. The number of aromatic carboxylic acids is 1. The number of phenols is 1. The van der Waals surface area contributed by atoms with Crippen molar-refractivity contribution in [2.24, 2.45) is 7.05 Å². The van der Waals surface area contributed by atoms with Gasteiger partial charge in [0.25, 0.3) is 0 Å². The van der Waals surface area contributed by atoms with Crippen molar-refractivity contribution >= 4 is 5.97 Å². The van der Waals surface area contributed by atoms with Crippen LogP contribution in [0.1, 0.15) is 10.5 Å². The Labute approximate surface area is 114 Å². The van der Waals surface area contributed by atoms with Crippen molar-refractivity contribution in [1.29, 1.82) is 0 Å². The molecule has 20 heavy (non-hydrogen) atoms. The van der Waals surface area contributed by atoms with Crippen LogP contribution in [0.2, 0.25) is 0 Å². The van der Waals surface area contributed by atoms with E-state index in [1.165, 1.54) is 22.9 Å². The number of fused-ring (bicyclic) bond motifs is 1. The van der Waals surface area contributed by atoms with Gasteiger partial charge >= 0.3 is 5.97 Å². The molecular weight excluding hydrogens is 264 g/mol. The van der Waals surface area contributed by atoms with Gasteiger partial charge in [0, 0.05) is 18.7 Å². The van der Waals surface area contributed by atoms with Crippen LogP contribution in [-0.4, -0.2) is 39.2 Å². The zero-order valence-electron chi connectivity index (χ0n) is 10.7. The first-order chi connectivity index (χ1) is 9.56. The fourth-order valence-electron chi connectivity index (χ4n) is 2.15. The molecule has 0 unspecified atom stereocenters. The number of ether oxygens (including phenoxy) is 2. The molecule has 104 valence electrons. The van der Waals surface area contributed by atoms with Gasteiger partial charge in [-0.2, -0.15) is 5.10 Å². The van der Waals surface area contributed by atoms with Gasteiger partial charge in [0.15, 0.2) is 17.2 Å². The summed E-state index contributed by atoms with van der Waals surface area (Å²) in [6.07, 6.45) is 0. The number of hydrogen-bond donors (Lipinski definition) is 2. The van der Waals surface area contributed by atoms with Crippen molar-refractivity contribution in [2.45, 2.75) is 0 Å². The Bertz CT molecular complexity index is 692. The lowest BCUT2D eigenvalue weighted by molar-refractivity contribution is 0.0689. The number of benzene rings is 1. The Kier molecular flexibility index (Phi) is 2.74. The Hall–Kier alpha value is -2.70. The maximum absolute atomic E-state index is 11.0. The van der Waals surface area contributed by atoms with Crippen molar-refractivity contribution in [3.05, 3.63) is 23.9 Å². The molecule has 1 aliphatic heterocycles. The Morgan fingerprint density at radius 2 is 2.05 bits per heavy atom. The summed E-state index contributed by atoms with van der Waals surface area (Å²) in [4.78, 5) is 11.0. The van der Waals surface area contributed by atoms with E-state index >= 15 is 0 Å². The van der Waals surface area contributed by atoms with Crippen LogP contribution < -0.4 is 9.47 Å². The molecule has 2 heterocycles. The van der Waals surface area contributed by atoms with Gasteiger partial charge in [-0.25, -0.2) is 4.79 Å². The normalized spacial score (nSPS) is 13.2. The number of rotatable bonds is 2. The summed E-state index contributed by atoms with van der Waals surface area (Å²) in [7, 11) is 1.63. The van der Waals surface area contributed by atoms with Crippen LogP contribution in [0.3, 0.4) is 0 Å². The zero-order chi connectivity index (χ0) is 14.3. The first-order valence-electron chi connectivity index (χ1n) is 5.96. The van der Waals surface area contributed by atoms with E-state index in [9.17, 15) is 9.90 Å². The van der Waals surface area contributed by atoms with Crippen molar-refractivity contribution in [1.82, 2.24) is 9.78 Å². The molecule has 1 aromatic heterocycles. The molecule has 3 rings (SSSR count). The fourth-order valence-corrected chi connectivity index (χ4v) is 2.15. The Morgan fingerprint density at radius 3 is 2.75 bits per heavy atom. The zero-order valence-corrected chi connectivity index (χ0v) is 10.7. The van der Waals surface area contributed by atoms with Crippen LogP contribution >= 0.6 is 0 Å². The lowest BCUT2D eigenvalue weighted by Gasteiger charge is -2.21. The molecule has 0 atom stereocenters. The van der Waals surface area contributed by atoms with Crippen LogP contribution in [0.4, 0.5) is 0 Å². The molecule has 0 fully saturated rings. The van der Waals surface area contributed by atoms with Crippen LogP contribution in [-0.2, 0) is 7.05 Å². The lowest BCUT2D eigenvalue weighted by atomic mass is 10.1. The number of carboxylic acid groups (broad SMARTS) is 1. The predicted octanol–water partition coefficient (Wildman–Crippen LogP) is 1.26. The van der Waals surface area contributed by atoms with Crippen molar-refractivity contribution in [2.75, 3.05) is 13.2 Å². The highest BCUT2D eigenvalue weighted by molar-refractivity contribution is 5.87. The summed E-state index contributed by atoms with van der Waals surface area (Å²) < 4.78 is 12.4. The molecule has 0 aliphatic carbocycles. The molecule has 0 radical (unpaired) electrons. The number of aromatic hydroxyl groups is 1. The SMILES string of the molecule is Cn1nc(C(=O)O)cc1-c1cc(O)cc2c1OCCO2. The maximum atomic E-state index is 11.0. The number of aryl methyl sites for hydroxylation is 1. The van der Waals surface area contributed by atoms with Gasteiger partial charge in [0.1, 0.15) is 19.0 Å². The second-order valence-corrected chi connectivity index (χ2v) is 4.36. The molecular formula is C13H12N2O5. The molecule has 7 heteroatoms. The van der Waals surface area contributed by atoms with E-state index in [0.717, 1.165) is 0 Å². The molecule has 2 aromatic rings. The smallest absolute Gasteiger partial charge is 0.356 e. The monoisotopic (exact) mass is 276 g/mol. The van der Waals surface area contributed by atoms with E-state index in [2.05, 4.69) is 5.10 Å². The predicted molar refractivity (Wildman–Crippen MR) is 68.3 cm³/mol. The molecule has 0 amide bonds. The van der Waals surface area contributed by atoms with Gasteiger partial charge < -0.3 is 19.7 Å². The number of phenolic OH excluding ortho intramolecular Hbond substituents is 1. The second-order valence-electron chi connectivity index (χ2n) is 4.36. The minimum Gasteiger partial charge on any atom is -0.508 e. The lowest BCUT2D eigenvalue weighted by Crippen LogP contribution is -2.16. The third-order valence-corrected chi connectivity index (χ3v) is 3.00. The first kappa shape index (κ1) is 12.3. The van der Waals surface area contributed by atoms with Crippen molar-refractivity contribution in [3.63, 3.8) is 0 Å². The van der Waals surface area contributed by atoms with Crippen molar-refractivity contribution in [3.8, 4) is 28.5 Å². The number of carbonyl (C=O) groups is 1.